The minimum absolute atomic E-state index is 0.151. The Kier molecular flexibility index (Phi) is 4.80. The van der Waals surface area contributed by atoms with Crippen molar-refractivity contribution in [1.82, 2.24) is 9.55 Å². The van der Waals surface area contributed by atoms with Crippen molar-refractivity contribution in [1.29, 1.82) is 0 Å². The summed E-state index contributed by atoms with van der Waals surface area (Å²) in [5.74, 6) is -3.64. The van der Waals surface area contributed by atoms with Crippen LogP contribution in [-0.4, -0.2) is 26.8 Å². The van der Waals surface area contributed by atoms with Crippen molar-refractivity contribution < 1.29 is 32.6 Å². The van der Waals surface area contributed by atoms with E-state index in [9.17, 15) is 32.3 Å². The number of aromatic carboxylic acids is 1. The number of carboxylic acids is 1. The summed E-state index contributed by atoms with van der Waals surface area (Å²) in [6.07, 6.45) is -3.48. The molecule has 2 heterocycles. The molecule has 1 N–H and O–H groups in total. The van der Waals surface area contributed by atoms with Gasteiger partial charge in [-0.25, -0.2) is 9.18 Å². The maximum atomic E-state index is 13.0. The van der Waals surface area contributed by atoms with Gasteiger partial charge in [0.05, 0.1) is 11.0 Å². The Hall–Kier alpha value is -3.43. The molecule has 0 radical (unpaired) electrons. The predicted molar refractivity (Wildman–Crippen MR) is 87.7 cm³/mol. The van der Waals surface area contributed by atoms with Gasteiger partial charge in [0, 0.05) is 6.20 Å². The Balaban J connectivity index is 2.21. The molecular weight excluding hydrogens is 384 g/mol. The summed E-state index contributed by atoms with van der Waals surface area (Å²) >= 11 is 0. The first-order chi connectivity index (χ1) is 13.1. The molecule has 146 valence electrons. The molecule has 0 spiro atoms. The highest BCUT2D eigenvalue weighted by molar-refractivity contribution is 5.96. The van der Waals surface area contributed by atoms with Crippen LogP contribution >= 0.6 is 0 Å². The number of hydrogen-bond acceptors (Lipinski definition) is 4. The summed E-state index contributed by atoms with van der Waals surface area (Å²) in [6.45, 7) is -1.77. The summed E-state index contributed by atoms with van der Waals surface area (Å²) in [6, 6.07) is 6.52. The Labute approximate surface area is 154 Å². The molecule has 0 aliphatic rings. The van der Waals surface area contributed by atoms with Gasteiger partial charge in [0.2, 0.25) is 0 Å². The van der Waals surface area contributed by atoms with Crippen LogP contribution < -0.4 is 10.7 Å². The molecule has 6 nitrogen and oxygen atoms in total. The summed E-state index contributed by atoms with van der Waals surface area (Å²) in [7, 11) is 0. The largest absolute Gasteiger partial charge is 0.870 e. The van der Waals surface area contributed by atoms with Crippen molar-refractivity contribution in [2.75, 3.05) is 0 Å². The Morgan fingerprint density at radius 2 is 1.82 bits per heavy atom. The van der Waals surface area contributed by atoms with E-state index >= 15 is 0 Å². The van der Waals surface area contributed by atoms with Gasteiger partial charge in [0.15, 0.2) is 0 Å². The number of halogens is 4. The molecule has 28 heavy (non-hydrogen) atoms. The monoisotopic (exact) mass is 395 g/mol. The maximum Gasteiger partial charge on any atom is 0.406 e. The van der Waals surface area contributed by atoms with Crippen molar-refractivity contribution in [2.45, 2.75) is 19.1 Å². The fraction of sp³-hybridized carbons (Fsp3) is 0.167. The average molecular weight is 395 g/mol. The number of benzene rings is 1. The molecule has 0 saturated heterocycles. The second-order valence-corrected chi connectivity index (χ2v) is 6.03. The molecule has 2 aromatic heterocycles. The van der Waals surface area contributed by atoms with Crippen LogP contribution in [0.15, 0.2) is 41.3 Å². The molecule has 3 rings (SSSR count). The molecule has 0 unspecified atom stereocenters. The van der Waals surface area contributed by atoms with Crippen LogP contribution in [0, 0.1) is 5.82 Å². The summed E-state index contributed by atoms with van der Waals surface area (Å²) in [5, 5.41) is 21.3. The second kappa shape index (κ2) is 6.95. The summed E-state index contributed by atoms with van der Waals surface area (Å²) in [4.78, 5) is 27.2. The van der Waals surface area contributed by atoms with Gasteiger partial charge in [-0.2, -0.15) is 13.2 Å². The number of aromatic nitrogens is 2. The molecule has 0 saturated carbocycles. The molecule has 0 atom stereocenters. The van der Waals surface area contributed by atoms with E-state index in [-0.39, 0.29) is 11.0 Å². The van der Waals surface area contributed by atoms with E-state index in [4.69, 9.17) is 5.11 Å². The van der Waals surface area contributed by atoms with Crippen LogP contribution in [0.1, 0.15) is 21.5 Å². The highest BCUT2D eigenvalue weighted by Crippen LogP contribution is 2.26. The molecule has 0 aliphatic carbocycles. The fourth-order valence-electron chi connectivity index (χ4n) is 2.79. The highest BCUT2D eigenvalue weighted by Gasteiger charge is 2.31. The fourth-order valence-corrected chi connectivity index (χ4v) is 2.79. The molecule has 1 aromatic carbocycles. The zero-order valence-electron chi connectivity index (χ0n) is 14.0. The zero-order chi connectivity index (χ0) is 20.6. The van der Waals surface area contributed by atoms with Gasteiger partial charge < -0.3 is 10.2 Å². The number of fused-ring (bicyclic) bond motifs is 1. The van der Waals surface area contributed by atoms with Crippen molar-refractivity contribution >= 4 is 17.0 Å². The van der Waals surface area contributed by atoms with Gasteiger partial charge in [-0.1, -0.05) is 17.9 Å². The second-order valence-electron chi connectivity index (χ2n) is 6.03. The lowest BCUT2D eigenvalue weighted by molar-refractivity contribution is -0.266. The van der Waals surface area contributed by atoms with Gasteiger partial charge in [-0.15, -0.1) is 0 Å². The molecular formula is C18H11F4N2O4-. The van der Waals surface area contributed by atoms with Crippen LogP contribution in [0.5, 0.6) is 5.75 Å². The van der Waals surface area contributed by atoms with E-state index in [1.54, 1.807) is 0 Å². The minimum atomic E-state index is -4.83. The Bertz CT molecular complexity index is 1120. The number of rotatable bonds is 4. The van der Waals surface area contributed by atoms with Crippen LogP contribution in [0.2, 0.25) is 0 Å². The van der Waals surface area contributed by atoms with Crippen molar-refractivity contribution in [3.8, 4) is 5.75 Å². The SMILES string of the molecule is O=C(O)c1c([O-])c2ncc(Cc3ccc(F)cc3)cc2n(CC(F)(F)F)c1=O. The van der Waals surface area contributed by atoms with E-state index < -0.39 is 52.4 Å². The Morgan fingerprint density at radius 3 is 2.39 bits per heavy atom. The predicted octanol–water partition coefficient (Wildman–Crippen LogP) is 2.46. The zero-order valence-corrected chi connectivity index (χ0v) is 14.0. The number of pyridine rings is 2. The van der Waals surface area contributed by atoms with E-state index in [1.807, 2.05) is 0 Å². The van der Waals surface area contributed by atoms with Gasteiger partial charge in [0.25, 0.3) is 5.56 Å². The molecule has 0 bridgehead atoms. The van der Waals surface area contributed by atoms with Crippen molar-refractivity contribution in [3.63, 3.8) is 0 Å². The standard InChI is InChI=1S/C18H12F4N2O4/c19-11-3-1-9(2-4-11)5-10-6-12-14(23-7-10)15(25)13(17(27)28)16(26)24(12)8-18(20,21)22/h1-4,6-7,25H,5,8H2,(H,27,28)/p-1. The first-order valence-corrected chi connectivity index (χ1v) is 7.84. The van der Waals surface area contributed by atoms with Gasteiger partial charge >= 0.3 is 12.1 Å². The van der Waals surface area contributed by atoms with Crippen molar-refractivity contribution in [2.24, 2.45) is 0 Å². The Morgan fingerprint density at radius 1 is 1.18 bits per heavy atom. The van der Waals surface area contributed by atoms with E-state index in [1.165, 1.54) is 36.5 Å². The van der Waals surface area contributed by atoms with Crippen LogP contribution in [0.3, 0.4) is 0 Å². The van der Waals surface area contributed by atoms with Gasteiger partial charge in [-0.3, -0.25) is 14.3 Å². The number of alkyl halides is 3. The number of hydrogen-bond donors (Lipinski definition) is 1. The summed E-state index contributed by atoms with van der Waals surface area (Å²) < 4.78 is 52.0. The minimum Gasteiger partial charge on any atom is -0.870 e. The topological polar surface area (TPSA) is 95.2 Å². The molecule has 3 aromatic rings. The first-order valence-electron chi connectivity index (χ1n) is 7.84. The van der Waals surface area contributed by atoms with E-state index in [0.29, 0.717) is 11.1 Å². The molecule has 0 amide bonds. The number of nitrogens with zero attached hydrogens (tertiary/aromatic N) is 2. The number of carbonyl (C=O) groups is 1. The van der Waals surface area contributed by atoms with Crippen LogP contribution in [-0.2, 0) is 13.0 Å². The lowest BCUT2D eigenvalue weighted by Crippen LogP contribution is -2.33. The molecule has 0 aliphatic heterocycles. The number of carboxylic acid groups (broad SMARTS) is 1. The quantitative estimate of drug-likeness (QED) is 0.685. The van der Waals surface area contributed by atoms with E-state index in [0.717, 1.165) is 0 Å². The average Bonchev–Trinajstić information content (AvgIpc) is 2.59. The summed E-state index contributed by atoms with van der Waals surface area (Å²) in [5.41, 5.74) is -2.84. The van der Waals surface area contributed by atoms with Gasteiger partial charge in [-0.05, 0) is 35.7 Å². The lowest BCUT2D eigenvalue weighted by atomic mass is 10.1. The van der Waals surface area contributed by atoms with Crippen LogP contribution in [0.4, 0.5) is 17.6 Å². The third-order valence-corrected chi connectivity index (χ3v) is 3.99. The highest BCUT2D eigenvalue weighted by atomic mass is 19.4. The molecule has 10 heteroatoms. The molecule has 0 fully saturated rings. The smallest absolute Gasteiger partial charge is 0.406 e. The van der Waals surface area contributed by atoms with Crippen LogP contribution in [0.25, 0.3) is 11.0 Å². The first kappa shape index (κ1) is 19.3. The third kappa shape index (κ3) is 3.80. The van der Waals surface area contributed by atoms with Gasteiger partial charge in [0.1, 0.15) is 17.9 Å². The van der Waals surface area contributed by atoms with Crippen molar-refractivity contribution in [3.05, 3.63) is 69.4 Å². The third-order valence-electron chi connectivity index (χ3n) is 3.99. The normalized spacial score (nSPS) is 11.7. The maximum absolute atomic E-state index is 13.0. The lowest BCUT2D eigenvalue weighted by Gasteiger charge is -2.19. The van der Waals surface area contributed by atoms with E-state index in [2.05, 4.69) is 4.98 Å².